The van der Waals surface area contributed by atoms with Crippen LogP contribution in [0, 0.1) is 5.92 Å². The summed E-state index contributed by atoms with van der Waals surface area (Å²) in [5.41, 5.74) is 7.26. The third-order valence-electron chi connectivity index (χ3n) is 3.59. The number of aliphatic hydroxyl groups is 2. The zero-order chi connectivity index (χ0) is 13.0. The molecule has 0 amide bonds. The van der Waals surface area contributed by atoms with E-state index in [-0.39, 0.29) is 6.61 Å². The monoisotopic (exact) mass is 250 g/mol. The number of piperidine rings is 1. The Bertz CT molecular complexity index is 384. The van der Waals surface area contributed by atoms with E-state index in [0.29, 0.717) is 18.2 Å². The van der Waals surface area contributed by atoms with Gasteiger partial charge in [-0.1, -0.05) is 12.1 Å². The van der Waals surface area contributed by atoms with Gasteiger partial charge in [0.15, 0.2) is 0 Å². The van der Waals surface area contributed by atoms with Gasteiger partial charge in [-0.2, -0.15) is 0 Å². The van der Waals surface area contributed by atoms with E-state index in [1.807, 2.05) is 24.3 Å². The van der Waals surface area contributed by atoms with Crippen molar-refractivity contribution in [1.82, 2.24) is 4.90 Å². The molecule has 1 aromatic carbocycles. The fourth-order valence-corrected chi connectivity index (χ4v) is 2.58. The largest absolute Gasteiger partial charge is 0.399 e. The Labute approximate surface area is 108 Å². The Kier molecular flexibility index (Phi) is 4.58. The fourth-order valence-electron chi connectivity index (χ4n) is 2.58. The first-order valence-electron chi connectivity index (χ1n) is 6.55. The van der Waals surface area contributed by atoms with E-state index in [2.05, 4.69) is 4.90 Å². The van der Waals surface area contributed by atoms with Crippen LogP contribution < -0.4 is 5.73 Å². The summed E-state index contributed by atoms with van der Waals surface area (Å²) in [6.45, 7) is 2.72. The SMILES string of the molecule is Nc1cccc(C(O)CN2CCCC(CO)C2)c1. The van der Waals surface area contributed by atoms with Gasteiger partial charge in [0.05, 0.1) is 6.10 Å². The van der Waals surface area contributed by atoms with Crippen molar-refractivity contribution < 1.29 is 10.2 Å². The lowest BCUT2D eigenvalue weighted by atomic mass is 9.98. The van der Waals surface area contributed by atoms with E-state index in [1.54, 1.807) is 0 Å². The molecule has 1 aromatic rings. The van der Waals surface area contributed by atoms with Crippen LogP contribution in [0.2, 0.25) is 0 Å². The molecule has 100 valence electrons. The second kappa shape index (κ2) is 6.18. The van der Waals surface area contributed by atoms with Gasteiger partial charge in [-0.15, -0.1) is 0 Å². The van der Waals surface area contributed by atoms with E-state index in [1.165, 1.54) is 0 Å². The summed E-state index contributed by atoms with van der Waals surface area (Å²) in [7, 11) is 0. The van der Waals surface area contributed by atoms with Crippen molar-refractivity contribution >= 4 is 5.69 Å². The minimum Gasteiger partial charge on any atom is -0.399 e. The van der Waals surface area contributed by atoms with Gasteiger partial charge in [0, 0.05) is 25.4 Å². The summed E-state index contributed by atoms with van der Waals surface area (Å²) in [5.74, 6) is 0.354. The summed E-state index contributed by atoms with van der Waals surface area (Å²) in [6, 6.07) is 7.40. The lowest BCUT2D eigenvalue weighted by Crippen LogP contribution is -2.39. The van der Waals surface area contributed by atoms with Crippen LogP contribution >= 0.6 is 0 Å². The summed E-state index contributed by atoms with van der Waals surface area (Å²) in [4.78, 5) is 2.22. The number of nitrogens with two attached hydrogens (primary N) is 1. The second-order valence-corrected chi connectivity index (χ2v) is 5.14. The number of nitrogens with zero attached hydrogens (tertiary/aromatic N) is 1. The number of anilines is 1. The van der Waals surface area contributed by atoms with Crippen LogP contribution in [0.3, 0.4) is 0 Å². The number of rotatable bonds is 4. The van der Waals surface area contributed by atoms with Gasteiger partial charge in [-0.25, -0.2) is 0 Å². The van der Waals surface area contributed by atoms with Crippen LogP contribution in [-0.2, 0) is 0 Å². The first kappa shape index (κ1) is 13.3. The van der Waals surface area contributed by atoms with E-state index in [4.69, 9.17) is 5.73 Å². The Morgan fingerprint density at radius 1 is 1.44 bits per heavy atom. The van der Waals surface area contributed by atoms with Crippen LogP contribution in [0.5, 0.6) is 0 Å². The number of hydrogen-bond acceptors (Lipinski definition) is 4. The third kappa shape index (κ3) is 3.45. The van der Waals surface area contributed by atoms with Crippen LogP contribution in [0.4, 0.5) is 5.69 Å². The molecule has 0 aliphatic carbocycles. The van der Waals surface area contributed by atoms with Crippen molar-refractivity contribution in [2.45, 2.75) is 18.9 Å². The van der Waals surface area contributed by atoms with Gasteiger partial charge in [0.1, 0.15) is 0 Å². The minimum atomic E-state index is -0.508. The maximum absolute atomic E-state index is 10.2. The normalized spacial score (nSPS) is 22.9. The number of hydrogen-bond donors (Lipinski definition) is 3. The Morgan fingerprint density at radius 3 is 3.00 bits per heavy atom. The molecule has 4 heteroatoms. The number of nitrogen functional groups attached to an aromatic ring is 1. The highest BCUT2D eigenvalue weighted by atomic mass is 16.3. The smallest absolute Gasteiger partial charge is 0.0917 e. The molecule has 18 heavy (non-hydrogen) atoms. The molecule has 0 radical (unpaired) electrons. The van der Waals surface area contributed by atoms with E-state index >= 15 is 0 Å². The van der Waals surface area contributed by atoms with Gasteiger partial charge >= 0.3 is 0 Å². The molecule has 2 atom stereocenters. The lowest BCUT2D eigenvalue weighted by molar-refractivity contribution is 0.0678. The number of benzene rings is 1. The van der Waals surface area contributed by atoms with Crippen molar-refractivity contribution in [3.05, 3.63) is 29.8 Å². The van der Waals surface area contributed by atoms with Gasteiger partial charge in [-0.3, -0.25) is 0 Å². The van der Waals surface area contributed by atoms with Gasteiger partial charge in [-0.05, 0) is 43.0 Å². The van der Waals surface area contributed by atoms with Crippen LogP contribution in [-0.4, -0.2) is 41.4 Å². The molecule has 2 rings (SSSR count). The van der Waals surface area contributed by atoms with Crippen LogP contribution in [0.15, 0.2) is 24.3 Å². The molecule has 4 N–H and O–H groups in total. The molecule has 4 nitrogen and oxygen atoms in total. The Morgan fingerprint density at radius 2 is 2.28 bits per heavy atom. The van der Waals surface area contributed by atoms with Crippen LogP contribution in [0.1, 0.15) is 24.5 Å². The summed E-state index contributed by atoms with van der Waals surface area (Å²) < 4.78 is 0. The van der Waals surface area contributed by atoms with Crippen molar-refractivity contribution in [2.24, 2.45) is 5.92 Å². The summed E-state index contributed by atoms with van der Waals surface area (Å²) in [5, 5.41) is 19.4. The number of β-amino-alcohol motifs (C(OH)–C–C–N with tert-alkyl or cyclic N) is 1. The molecular formula is C14H22N2O2. The number of aliphatic hydroxyl groups excluding tert-OH is 2. The van der Waals surface area contributed by atoms with Gasteiger partial charge in [0.25, 0.3) is 0 Å². The molecule has 1 heterocycles. The summed E-state index contributed by atoms with van der Waals surface area (Å²) in [6.07, 6.45) is 1.67. The quantitative estimate of drug-likeness (QED) is 0.697. The molecule has 0 saturated carbocycles. The Balaban J connectivity index is 1.92. The maximum Gasteiger partial charge on any atom is 0.0917 e. The van der Waals surface area contributed by atoms with Crippen molar-refractivity contribution in [2.75, 3.05) is 32.0 Å². The highest BCUT2D eigenvalue weighted by Gasteiger charge is 2.21. The topological polar surface area (TPSA) is 69.7 Å². The second-order valence-electron chi connectivity index (χ2n) is 5.14. The fraction of sp³-hybridized carbons (Fsp3) is 0.571. The average molecular weight is 250 g/mol. The van der Waals surface area contributed by atoms with E-state index in [0.717, 1.165) is 31.5 Å². The predicted octanol–water partition coefficient (Wildman–Crippen LogP) is 1.01. The van der Waals surface area contributed by atoms with Gasteiger partial charge in [0.2, 0.25) is 0 Å². The molecule has 1 aliphatic rings. The van der Waals surface area contributed by atoms with E-state index < -0.39 is 6.10 Å². The third-order valence-corrected chi connectivity index (χ3v) is 3.59. The molecule has 1 aliphatic heterocycles. The zero-order valence-electron chi connectivity index (χ0n) is 10.6. The number of likely N-dealkylation sites (tertiary alicyclic amines) is 1. The van der Waals surface area contributed by atoms with Crippen molar-refractivity contribution in [1.29, 1.82) is 0 Å². The molecule has 2 unspecified atom stereocenters. The first-order chi connectivity index (χ1) is 8.69. The zero-order valence-corrected chi connectivity index (χ0v) is 10.6. The highest BCUT2D eigenvalue weighted by Crippen LogP contribution is 2.21. The van der Waals surface area contributed by atoms with E-state index in [9.17, 15) is 10.2 Å². The molecule has 0 aromatic heterocycles. The van der Waals surface area contributed by atoms with Crippen molar-refractivity contribution in [3.63, 3.8) is 0 Å². The summed E-state index contributed by atoms with van der Waals surface area (Å²) >= 11 is 0. The average Bonchev–Trinajstić information content (AvgIpc) is 2.39. The molecule has 0 spiro atoms. The minimum absolute atomic E-state index is 0.241. The van der Waals surface area contributed by atoms with Crippen LogP contribution in [0.25, 0.3) is 0 Å². The molecule has 1 saturated heterocycles. The Hall–Kier alpha value is -1.10. The predicted molar refractivity (Wildman–Crippen MR) is 72.1 cm³/mol. The highest BCUT2D eigenvalue weighted by molar-refractivity contribution is 5.41. The molecule has 0 bridgehead atoms. The lowest BCUT2D eigenvalue weighted by Gasteiger charge is -2.33. The first-order valence-corrected chi connectivity index (χ1v) is 6.55. The van der Waals surface area contributed by atoms with Gasteiger partial charge < -0.3 is 20.8 Å². The standard InChI is InChI=1S/C14H22N2O2/c15-13-5-1-4-12(7-13)14(18)9-16-6-2-3-11(8-16)10-17/h1,4-5,7,11,14,17-18H,2-3,6,8-10,15H2. The molecular weight excluding hydrogens is 228 g/mol. The molecule has 1 fully saturated rings. The van der Waals surface area contributed by atoms with Crippen molar-refractivity contribution in [3.8, 4) is 0 Å². The maximum atomic E-state index is 10.2.